The van der Waals surface area contributed by atoms with Crippen LogP contribution in [0.1, 0.15) is 25.7 Å². The molecule has 1 saturated heterocycles. The molecule has 0 aromatic heterocycles. The van der Waals surface area contributed by atoms with E-state index < -0.39 is 0 Å². The number of quaternary nitrogens is 1. The number of nitrogens with one attached hydrogen (secondary N) is 2. The summed E-state index contributed by atoms with van der Waals surface area (Å²) in [5.41, 5.74) is 0.518. The van der Waals surface area contributed by atoms with Gasteiger partial charge in [-0.15, -0.1) is 0 Å². The zero-order valence-electron chi connectivity index (χ0n) is 10.8. The van der Waals surface area contributed by atoms with Crippen molar-refractivity contribution in [3.63, 3.8) is 0 Å². The highest BCUT2D eigenvalue weighted by molar-refractivity contribution is 6.39. The van der Waals surface area contributed by atoms with Gasteiger partial charge >= 0.3 is 0 Å². The molecule has 2 N–H and O–H groups in total. The summed E-state index contributed by atoms with van der Waals surface area (Å²) in [6.45, 7) is 3.24. The summed E-state index contributed by atoms with van der Waals surface area (Å²) < 4.78 is 0. The smallest absolute Gasteiger partial charge is 0.230 e. The Balaban J connectivity index is 1.83. The highest BCUT2D eigenvalue weighted by atomic mass is 35.5. The van der Waals surface area contributed by atoms with E-state index in [0.717, 1.165) is 6.54 Å². The molecule has 1 fully saturated rings. The molecule has 1 aliphatic rings. The average Bonchev–Trinajstić information content (AvgIpc) is 2.42. The van der Waals surface area contributed by atoms with Crippen LogP contribution < -0.4 is 10.2 Å². The van der Waals surface area contributed by atoms with Gasteiger partial charge in [0.1, 0.15) is 0 Å². The van der Waals surface area contributed by atoms with E-state index in [1.165, 1.54) is 37.3 Å². The van der Waals surface area contributed by atoms with Crippen LogP contribution in [0.25, 0.3) is 0 Å². The summed E-state index contributed by atoms with van der Waals surface area (Å²) in [7, 11) is 0. The fourth-order valence-electron chi connectivity index (χ4n) is 2.41. The molecule has 0 atom stereocenters. The molecule has 0 bridgehead atoms. The van der Waals surface area contributed by atoms with Crippen LogP contribution in [-0.2, 0) is 4.79 Å². The largest absolute Gasteiger partial charge is 0.335 e. The van der Waals surface area contributed by atoms with E-state index in [1.807, 2.05) is 0 Å². The number of carbonyl (C=O) groups excluding carboxylic acids is 1. The first kappa shape index (κ1) is 14.6. The van der Waals surface area contributed by atoms with E-state index in [2.05, 4.69) is 5.32 Å². The van der Waals surface area contributed by atoms with Crippen LogP contribution in [0.4, 0.5) is 5.69 Å². The Morgan fingerprint density at radius 3 is 2.42 bits per heavy atom. The lowest BCUT2D eigenvalue weighted by atomic mass is 10.1. The zero-order valence-corrected chi connectivity index (χ0v) is 12.4. The molecule has 1 amide bonds. The van der Waals surface area contributed by atoms with Gasteiger partial charge in [0.05, 0.1) is 41.8 Å². The summed E-state index contributed by atoms with van der Waals surface area (Å²) in [5.74, 6) is -0.0203. The lowest BCUT2D eigenvalue weighted by molar-refractivity contribution is -0.904. The minimum absolute atomic E-state index is 0.0203. The fraction of sp³-hybridized carbons (Fsp3) is 0.500. The third kappa shape index (κ3) is 4.37. The van der Waals surface area contributed by atoms with E-state index in [9.17, 15) is 4.79 Å². The van der Waals surface area contributed by atoms with E-state index in [-0.39, 0.29) is 5.91 Å². The molecule has 104 valence electrons. The zero-order chi connectivity index (χ0) is 13.7. The number of likely N-dealkylation sites (tertiary alicyclic amines) is 1. The van der Waals surface area contributed by atoms with Gasteiger partial charge in [-0.25, -0.2) is 0 Å². The molecule has 0 saturated carbocycles. The van der Waals surface area contributed by atoms with Crippen LogP contribution in [0, 0.1) is 0 Å². The number of hydrogen-bond acceptors (Lipinski definition) is 1. The van der Waals surface area contributed by atoms with Crippen LogP contribution in [0.15, 0.2) is 18.2 Å². The maximum Gasteiger partial charge on any atom is 0.230 e. The monoisotopic (exact) mass is 301 g/mol. The van der Waals surface area contributed by atoms with Crippen molar-refractivity contribution in [3.05, 3.63) is 28.2 Å². The van der Waals surface area contributed by atoms with Crippen molar-refractivity contribution in [2.45, 2.75) is 25.7 Å². The normalized spacial score (nSPS) is 16.3. The summed E-state index contributed by atoms with van der Waals surface area (Å²) in [5, 5.41) is 3.76. The van der Waals surface area contributed by atoms with E-state index in [0.29, 0.717) is 22.2 Å². The Hall–Kier alpha value is -0.770. The standard InChI is InChI=1S/C14H18Cl2N2O/c15-11-5-4-6-12(16)14(11)17-13(19)7-10-18-8-2-1-3-9-18/h4-6H,1-3,7-10H2,(H,17,19)/p+1. The molecule has 0 unspecified atom stereocenters. The second kappa shape index (κ2) is 7.13. The summed E-state index contributed by atoms with van der Waals surface area (Å²) in [6.07, 6.45) is 4.38. The van der Waals surface area contributed by atoms with Gasteiger partial charge in [-0.2, -0.15) is 0 Å². The van der Waals surface area contributed by atoms with Gasteiger partial charge in [-0.3, -0.25) is 4.79 Å². The van der Waals surface area contributed by atoms with Gasteiger partial charge in [0.2, 0.25) is 5.91 Å². The van der Waals surface area contributed by atoms with Crippen molar-refractivity contribution in [2.24, 2.45) is 0 Å². The number of hydrogen-bond donors (Lipinski definition) is 2. The molecule has 1 aromatic rings. The first-order chi connectivity index (χ1) is 9.16. The minimum atomic E-state index is -0.0203. The molecule has 5 heteroatoms. The van der Waals surface area contributed by atoms with E-state index in [4.69, 9.17) is 23.2 Å². The molecule has 1 aliphatic heterocycles. The van der Waals surface area contributed by atoms with E-state index >= 15 is 0 Å². The summed E-state index contributed by atoms with van der Waals surface area (Å²) >= 11 is 12.0. The second-order valence-electron chi connectivity index (χ2n) is 4.96. The lowest BCUT2D eigenvalue weighted by Gasteiger charge is -2.23. The van der Waals surface area contributed by atoms with Crippen molar-refractivity contribution in [2.75, 3.05) is 25.0 Å². The number of benzene rings is 1. The Labute approximate surface area is 123 Å². The fourth-order valence-corrected chi connectivity index (χ4v) is 2.90. The van der Waals surface area contributed by atoms with Crippen molar-refractivity contribution in [1.29, 1.82) is 0 Å². The number of rotatable bonds is 4. The number of carbonyl (C=O) groups is 1. The quantitative estimate of drug-likeness (QED) is 0.880. The second-order valence-corrected chi connectivity index (χ2v) is 5.77. The molecular weight excluding hydrogens is 283 g/mol. The number of para-hydroxylation sites is 1. The summed E-state index contributed by atoms with van der Waals surface area (Å²) in [4.78, 5) is 13.4. The van der Waals surface area contributed by atoms with Gasteiger partial charge in [-0.1, -0.05) is 29.3 Å². The predicted molar refractivity (Wildman–Crippen MR) is 79.1 cm³/mol. The lowest BCUT2D eigenvalue weighted by Crippen LogP contribution is -3.12. The van der Waals surface area contributed by atoms with Gasteiger partial charge in [0.25, 0.3) is 0 Å². The van der Waals surface area contributed by atoms with Crippen molar-refractivity contribution in [1.82, 2.24) is 0 Å². The Kier molecular flexibility index (Phi) is 5.49. The molecule has 0 aliphatic carbocycles. The van der Waals surface area contributed by atoms with Crippen LogP contribution in [-0.4, -0.2) is 25.5 Å². The summed E-state index contributed by atoms with van der Waals surface area (Å²) in [6, 6.07) is 5.20. The van der Waals surface area contributed by atoms with Gasteiger partial charge in [0, 0.05) is 0 Å². The molecule has 0 radical (unpaired) electrons. The molecule has 1 heterocycles. The van der Waals surface area contributed by atoms with Crippen LogP contribution in [0.5, 0.6) is 0 Å². The average molecular weight is 302 g/mol. The highest BCUT2D eigenvalue weighted by Gasteiger charge is 2.16. The molecule has 19 heavy (non-hydrogen) atoms. The van der Waals surface area contributed by atoms with E-state index in [1.54, 1.807) is 18.2 Å². The molecule has 2 rings (SSSR count). The molecular formula is C14H19Cl2N2O+. The van der Waals surface area contributed by atoms with Gasteiger partial charge in [-0.05, 0) is 31.4 Å². The molecule has 3 nitrogen and oxygen atoms in total. The third-order valence-electron chi connectivity index (χ3n) is 3.49. The molecule has 0 spiro atoms. The van der Waals surface area contributed by atoms with Crippen molar-refractivity contribution < 1.29 is 9.69 Å². The number of anilines is 1. The maximum atomic E-state index is 11.9. The first-order valence-electron chi connectivity index (χ1n) is 6.74. The van der Waals surface area contributed by atoms with Gasteiger partial charge < -0.3 is 10.2 Å². The minimum Gasteiger partial charge on any atom is -0.335 e. The number of piperidine rings is 1. The van der Waals surface area contributed by atoms with Crippen LogP contribution >= 0.6 is 23.2 Å². The van der Waals surface area contributed by atoms with Crippen molar-refractivity contribution >= 4 is 34.8 Å². The highest BCUT2D eigenvalue weighted by Crippen LogP contribution is 2.29. The Bertz CT molecular complexity index is 425. The van der Waals surface area contributed by atoms with Crippen LogP contribution in [0.3, 0.4) is 0 Å². The number of amides is 1. The Morgan fingerprint density at radius 2 is 1.79 bits per heavy atom. The SMILES string of the molecule is O=C(CC[NH+]1CCCCC1)Nc1c(Cl)cccc1Cl. The predicted octanol–water partition coefficient (Wildman–Crippen LogP) is 2.39. The van der Waals surface area contributed by atoms with Crippen LogP contribution in [0.2, 0.25) is 10.0 Å². The third-order valence-corrected chi connectivity index (χ3v) is 4.12. The van der Waals surface area contributed by atoms with Crippen molar-refractivity contribution in [3.8, 4) is 0 Å². The first-order valence-corrected chi connectivity index (χ1v) is 7.50. The maximum absolute atomic E-state index is 11.9. The topological polar surface area (TPSA) is 33.5 Å². The molecule has 1 aromatic carbocycles. The van der Waals surface area contributed by atoms with Gasteiger partial charge in [0.15, 0.2) is 0 Å². The Morgan fingerprint density at radius 1 is 1.16 bits per heavy atom. The number of halogens is 2.